The van der Waals surface area contributed by atoms with Gasteiger partial charge in [-0.3, -0.25) is 0 Å². The number of amides is 2. The molecule has 0 radical (unpaired) electrons. The Balaban J connectivity index is 2.07. The molecule has 2 amide bonds. The van der Waals surface area contributed by atoms with E-state index in [9.17, 15) is 9.18 Å². The summed E-state index contributed by atoms with van der Waals surface area (Å²) in [6.07, 6.45) is 2.17. The molecule has 1 aliphatic heterocycles. The van der Waals surface area contributed by atoms with E-state index in [2.05, 4.69) is 12.2 Å². The molecule has 0 aromatic heterocycles. The number of rotatable bonds is 5. The summed E-state index contributed by atoms with van der Waals surface area (Å²) in [4.78, 5) is 14.2. The molecule has 122 valence electrons. The van der Waals surface area contributed by atoms with E-state index in [-0.39, 0.29) is 30.5 Å². The summed E-state index contributed by atoms with van der Waals surface area (Å²) in [5.41, 5.74) is 0.588. The Kier molecular flexibility index (Phi) is 5.77. The number of halogens is 1. The third-order valence-electron chi connectivity index (χ3n) is 4.20. The minimum Gasteiger partial charge on any atom is -0.396 e. The topological polar surface area (TPSA) is 52.6 Å². The fraction of sp³-hybridized carbons (Fsp3) is 0.588. The molecule has 0 bridgehead atoms. The first-order chi connectivity index (χ1) is 10.5. The first kappa shape index (κ1) is 16.7. The third-order valence-corrected chi connectivity index (χ3v) is 4.20. The van der Waals surface area contributed by atoms with Gasteiger partial charge in [-0.05, 0) is 38.2 Å². The Morgan fingerprint density at radius 2 is 2.23 bits per heavy atom. The molecule has 3 unspecified atom stereocenters. The number of carbonyl (C=O) groups is 1. The number of aliphatic hydroxyl groups excluding tert-OH is 1. The summed E-state index contributed by atoms with van der Waals surface area (Å²) in [7, 11) is 0. The molecule has 0 aliphatic carbocycles. The van der Waals surface area contributed by atoms with Crippen LogP contribution in [0.4, 0.5) is 9.18 Å². The summed E-state index contributed by atoms with van der Waals surface area (Å²) >= 11 is 0. The van der Waals surface area contributed by atoms with Crippen LogP contribution >= 0.6 is 0 Å². The predicted molar refractivity (Wildman–Crippen MR) is 83.9 cm³/mol. The molecule has 1 aromatic carbocycles. The number of urea groups is 1. The molecule has 1 heterocycles. The van der Waals surface area contributed by atoms with Crippen LogP contribution in [0.25, 0.3) is 0 Å². The standard InChI is InChI=1S/C17H25FN2O2/c1-12-10-16(14-7-3-4-8-15(14)18)20(11-12)17(22)19-13(2)6-5-9-21/h3-4,7-8,12-13,16,21H,5-6,9-11H2,1-2H3,(H,19,22). The van der Waals surface area contributed by atoms with Crippen LogP contribution in [0.5, 0.6) is 0 Å². The van der Waals surface area contributed by atoms with Crippen molar-refractivity contribution in [3.05, 3.63) is 35.6 Å². The van der Waals surface area contributed by atoms with Gasteiger partial charge in [0.2, 0.25) is 0 Å². The lowest BCUT2D eigenvalue weighted by molar-refractivity contribution is 0.186. The zero-order valence-corrected chi connectivity index (χ0v) is 13.3. The van der Waals surface area contributed by atoms with Gasteiger partial charge in [0.1, 0.15) is 5.82 Å². The summed E-state index contributed by atoms with van der Waals surface area (Å²) in [6, 6.07) is 6.31. The van der Waals surface area contributed by atoms with Crippen molar-refractivity contribution in [1.29, 1.82) is 0 Å². The smallest absolute Gasteiger partial charge is 0.318 e. The predicted octanol–water partition coefficient (Wildman–Crippen LogP) is 3.08. The fourth-order valence-corrected chi connectivity index (χ4v) is 3.07. The van der Waals surface area contributed by atoms with Crippen LogP contribution in [0.1, 0.15) is 44.7 Å². The van der Waals surface area contributed by atoms with Gasteiger partial charge >= 0.3 is 6.03 Å². The monoisotopic (exact) mass is 308 g/mol. The van der Waals surface area contributed by atoms with Crippen LogP contribution in [0.15, 0.2) is 24.3 Å². The Hall–Kier alpha value is -1.62. The largest absolute Gasteiger partial charge is 0.396 e. The van der Waals surface area contributed by atoms with Crippen molar-refractivity contribution in [2.75, 3.05) is 13.2 Å². The van der Waals surface area contributed by atoms with Crippen LogP contribution in [-0.2, 0) is 0 Å². The quantitative estimate of drug-likeness (QED) is 0.878. The summed E-state index contributed by atoms with van der Waals surface area (Å²) in [5.74, 6) is 0.0934. The molecule has 3 atom stereocenters. The second kappa shape index (κ2) is 7.58. The lowest BCUT2D eigenvalue weighted by atomic mass is 10.0. The van der Waals surface area contributed by atoms with E-state index in [0.717, 1.165) is 12.8 Å². The Bertz CT molecular complexity index is 509. The molecule has 1 aliphatic rings. The maximum absolute atomic E-state index is 14.0. The first-order valence-corrected chi connectivity index (χ1v) is 7.95. The molecule has 1 saturated heterocycles. The number of nitrogens with one attached hydrogen (secondary N) is 1. The minimum absolute atomic E-state index is 0.00294. The van der Waals surface area contributed by atoms with Crippen molar-refractivity contribution in [2.45, 2.75) is 45.2 Å². The molecule has 2 rings (SSSR count). The third kappa shape index (κ3) is 3.97. The molecule has 4 nitrogen and oxygen atoms in total. The molecular weight excluding hydrogens is 283 g/mol. The summed E-state index contributed by atoms with van der Waals surface area (Å²) in [6.45, 7) is 4.76. The maximum Gasteiger partial charge on any atom is 0.318 e. The highest BCUT2D eigenvalue weighted by molar-refractivity contribution is 5.75. The Labute approximate surface area is 131 Å². The number of hydrogen-bond acceptors (Lipinski definition) is 2. The van der Waals surface area contributed by atoms with Gasteiger partial charge in [-0.25, -0.2) is 9.18 Å². The molecule has 5 heteroatoms. The van der Waals surface area contributed by atoms with Gasteiger partial charge < -0.3 is 15.3 Å². The van der Waals surface area contributed by atoms with Gasteiger partial charge in [-0.2, -0.15) is 0 Å². The van der Waals surface area contributed by atoms with Gasteiger partial charge in [0.05, 0.1) is 6.04 Å². The average molecular weight is 308 g/mol. The average Bonchev–Trinajstić information content (AvgIpc) is 2.87. The van der Waals surface area contributed by atoms with E-state index < -0.39 is 0 Å². The number of likely N-dealkylation sites (tertiary alicyclic amines) is 1. The Morgan fingerprint density at radius 1 is 1.50 bits per heavy atom. The van der Waals surface area contributed by atoms with Crippen LogP contribution in [0.2, 0.25) is 0 Å². The van der Waals surface area contributed by atoms with Crippen LogP contribution in [-0.4, -0.2) is 35.2 Å². The lowest BCUT2D eigenvalue weighted by Gasteiger charge is -2.27. The van der Waals surface area contributed by atoms with Crippen LogP contribution in [0, 0.1) is 11.7 Å². The molecule has 0 saturated carbocycles. The summed E-state index contributed by atoms with van der Waals surface area (Å²) in [5, 5.41) is 11.8. The second-order valence-electron chi connectivity index (χ2n) is 6.25. The number of aliphatic hydroxyl groups is 1. The van der Waals surface area contributed by atoms with Crippen molar-refractivity contribution < 1.29 is 14.3 Å². The highest BCUT2D eigenvalue weighted by atomic mass is 19.1. The Morgan fingerprint density at radius 3 is 2.91 bits per heavy atom. The molecule has 22 heavy (non-hydrogen) atoms. The van der Waals surface area contributed by atoms with E-state index in [4.69, 9.17) is 5.11 Å². The maximum atomic E-state index is 14.0. The lowest BCUT2D eigenvalue weighted by Crippen LogP contribution is -2.43. The van der Waals surface area contributed by atoms with Crippen molar-refractivity contribution in [3.63, 3.8) is 0 Å². The van der Waals surface area contributed by atoms with Crippen LogP contribution < -0.4 is 5.32 Å². The van der Waals surface area contributed by atoms with E-state index in [1.165, 1.54) is 6.07 Å². The minimum atomic E-state index is -0.257. The van der Waals surface area contributed by atoms with E-state index in [1.807, 2.05) is 6.92 Å². The molecule has 2 N–H and O–H groups in total. The zero-order valence-electron chi connectivity index (χ0n) is 13.3. The van der Waals surface area contributed by atoms with E-state index in [0.29, 0.717) is 24.4 Å². The zero-order chi connectivity index (χ0) is 16.1. The van der Waals surface area contributed by atoms with E-state index in [1.54, 1.807) is 23.1 Å². The van der Waals surface area contributed by atoms with Gasteiger partial charge in [0.25, 0.3) is 0 Å². The van der Waals surface area contributed by atoms with Crippen LogP contribution in [0.3, 0.4) is 0 Å². The number of carbonyl (C=O) groups excluding carboxylic acids is 1. The van der Waals surface area contributed by atoms with E-state index >= 15 is 0 Å². The SMILES string of the molecule is CC1CC(c2ccccc2F)N(C(=O)NC(C)CCCO)C1. The van der Waals surface area contributed by atoms with Crippen molar-refractivity contribution >= 4 is 6.03 Å². The molecule has 1 aromatic rings. The van der Waals surface area contributed by atoms with Crippen molar-refractivity contribution in [3.8, 4) is 0 Å². The molecular formula is C17H25FN2O2. The highest BCUT2D eigenvalue weighted by Gasteiger charge is 2.35. The molecule has 0 spiro atoms. The molecule has 1 fully saturated rings. The fourth-order valence-electron chi connectivity index (χ4n) is 3.07. The van der Waals surface area contributed by atoms with Gasteiger partial charge in [0.15, 0.2) is 0 Å². The normalized spacial score (nSPS) is 22.6. The second-order valence-corrected chi connectivity index (χ2v) is 6.25. The van der Waals surface area contributed by atoms with Gasteiger partial charge in [-0.1, -0.05) is 25.1 Å². The van der Waals surface area contributed by atoms with Gasteiger partial charge in [0, 0.05) is 24.8 Å². The van der Waals surface area contributed by atoms with Gasteiger partial charge in [-0.15, -0.1) is 0 Å². The van der Waals surface area contributed by atoms with Crippen molar-refractivity contribution in [2.24, 2.45) is 5.92 Å². The highest BCUT2D eigenvalue weighted by Crippen LogP contribution is 2.36. The number of nitrogens with zero attached hydrogens (tertiary/aromatic N) is 1. The first-order valence-electron chi connectivity index (χ1n) is 7.95. The summed E-state index contributed by atoms with van der Waals surface area (Å²) < 4.78 is 14.0. The van der Waals surface area contributed by atoms with Crippen molar-refractivity contribution in [1.82, 2.24) is 10.2 Å². The number of hydrogen-bond donors (Lipinski definition) is 2. The number of benzene rings is 1.